The van der Waals surface area contributed by atoms with Crippen molar-refractivity contribution in [2.45, 2.75) is 18.8 Å². The Hall–Kier alpha value is -2.39. The molecule has 23 heavy (non-hydrogen) atoms. The number of hydrogen-bond acceptors (Lipinski definition) is 7. The standard InChI is InChI=1S/C14H17NO8/c1-20-11-9(13(19)21-2)15(6-7(10(11)16)12(17)18)8-4-5-23-14(8)22-3/h6,8,14H,4-5H2,1-3H3,(H,17,18)/t8-,14?/m1/s1. The van der Waals surface area contributed by atoms with E-state index in [1.807, 2.05) is 0 Å². The Balaban J connectivity index is 2.76. The fraction of sp³-hybridized carbons (Fsp3) is 0.500. The number of nitrogens with zero attached hydrogens (tertiary/aromatic N) is 1. The molecule has 1 aliphatic rings. The third kappa shape index (κ3) is 2.92. The Morgan fingerprint density at radius 1 is 1.35 bits per heavy atom. The van der Waals surface area contributed by atoms with Crippen molar-refractivity contribution in [2.75, 3.05) is 27.9 Å². The molecule has 1 N–H and O–H groups in total. The van der Waals surface area contributed by atoms with Gasteiger partial charge in [0.05, 0.1) is 26.9 Å². The number of carboxylic acid groups (broad SMARTS) is 1. The first kappa shape index (κ1) is 17.0. The van der Waals surface area contributed by atoms with Gasteiger partial charge in [-0.3, -0.25) is 4.79 Å². The predicted octanol–water partition coefficient (Wildman–Crippen LogP) is 0.276. The van der Waals surface area contributed by atoms with Gasteiger partial charge in [-0.05, 0) is 6.42 Å². The summed E-state index contributed by atoms with van der Waals surface area (Å²) in [4.78, 5) is 35.6. The third-order valence-electron chi connectivity index (χ3n) is 3.61. The van der Waals surface area contributed by atoms with E-state index >= 15 is 0 Å². The summed E-state index contributed by atoms with van der Waals surface area (Å²) < 4.78 is 21.6. The lowest BCUT2D eigenvalue weighted by atomic mass is 10.1. The number of methoxy groups -OCH3 is 3. The Morgan fingerprint density at radius 3 is 2.57 bits per heavy atom. The Morgan fingerprint density at radius 2 is 2.04 bits per heavy atom. The van der Waals surface area contributed by atoms with Crippen LogP contribution in [0.1, 0.15) is 33.3 Å². The number of aromatic carboxylic acids is 1. The zero-order chi connectivity index (χ0) is 17.1. The van der Waals surface area contributed by atoms with Crippen LogP contribution in [-0.2, 0) is 14.2 Å². The first-order valence-corrected chi connectivity index (χ1v) is 6.75. The largest absolute Gasteiger partial charge is 0.491 e. The highest BCUT2D eigenvalue weighted by Crippen LogP contribution is 2.30. The smallest absolute Gasteiger partial charge is 0.358 e. The van der Waals surface area contributed by atoms with E-state index in [9.17, 15) is 19.5 Å². The first-order chi connectivity index (χ1) is 11.0. The molecule has 0 aromatic carbocycles. The number of rotatable bonds is 5. The van der Waals surface area contributed by atoms with Crippen molar-refractivity contribution in [3.63, 3.8) is 0 Å². The summed E-state index contributed by atoms with van der Waals surface area (Å²) in [6.45, 7) is 0.362. The Labute approximate surface area is 131 Å². The molecule has 0 aliphatic carbocycles. The van der Waals surface area contributed by atoms with Crippen LogP contribution < -0.4 is 10.2 Å². The lowest BCUT2D eigenvalue weighted by molar-refractivity contribution is -0.106. The van der Waals surface area contributed by atoms with Gasteiger partial charge < -0.3 is 28.6 Å². The maximum absolute atomic E-state index is 12.2. The Bertz CT molecular complexity index is 680. The molecule has 0 saturated carbocycles. The van der Waals surface area contributed by atoms with Crippen LogP contribution in [0.15, 0.2) is 11.0 Å². The van der Waals surface area contributed by atoms with E-state index in [2.05, 4.69) is 0 Å². The zero-order valence-corrected chi connectivity index (χ0v) is 12.9. The van der Waals surface area contributed by atoms with Crippen LogP contribution in [-0.4, -0.2) is 55.8 Å². The van der Waals surface area contributed by atoms with E-state index in [0.717, 1.165) is 13.3 Å². The lowest BCUT2D eigenvalue weighted by Crippen LogP contribution is -2.31. The lowest BCUT2D eigenvalue weighted by Gasteiger charge is -2.24. The van der Waals surface area contributed by atoms with Crippen molar-refractivity contribution in [2.24, 2.45) is 0 Å². The maximum atomic E-state index is 12.2. The minimum Gasteiger partial charge on any atom is -0.491 e. The number of aromatic nitrogens is 1. The molecule has 1 aliphatic heterocycles. The van der Waals surface area contributed by atoms with Crippen LogP contribution >= 0.6 is 0 Å². The van der Waals surface area contributed by atoms with Gasteiger partial charge in [0.2, 0.25) is 5.43 Å². The topological polar surface area (TPSA) is 113 Å². The molecule has 9 nitrogen and oxygen atoms in total. The van der Waals surface area contributed by atoms with Gasteiger partial charge in [-0.2, -0.15) is 0 Å². The van der Waals surface area contributed by atoms with Crippen molar-refractivity contribution >= 4 is 11.9 Å². The summed E-state index contributed by atoms with van der Waals surface area (Å²) in [6, 6.07) is -0.498. The van der Waals surface area contributed by atoms with Crippen LogP contribution in [0, 0.1) is 0 Å². The van der Waals surface area contributed by atoms with Gasteiger partial charge in [0.1, 0.15) is 5.56 Å². The average molecular weight is 327 g/mol. The highest BCUT2D eigenvalue weighted by atomic mass is 16.7. The molecular weight excluding hydrogens is 310 g/mol. The summed E-state index contributed by atoms with van der Waals surface area (Å²) in [5.74, 6) is -2.64. The molecular formula is C14H17NO8. The van der Waals surface area contributed by atoms with E-state index in [0.29, 0.717) is 13.0 Å². The van der Waals surface area contributed by atoms with Gasteiger partial charge in [0, 0.05) is 13.3 Å². The van der Waals surface area contributed by atoms with Crippen molar-refractivity contribution in [1.29, 1.82) is 0 Å². The summed E-state index contributed by atoms with van der Waals surface area (Å²) in [7, 11) is 3.76. The molecule has 0 amide bonds. The first-order valence-electron chi connectivity index (χ1n) is 6.75. The molecule has 0 radical (unpaired) electrons. The molecule has 126 valence electrons. The number of carbonyl (C=O) groups excluding carboxylic acids is 1. The molecule has 2 heterocycles. The normalized spacial score (nSPS) is 20.3. The molecule has 9 heteroatoms. The fourth-order valence-corrected chi connectivity index (χ4v) is 2.55. The van der Waals surface area contributed by atoms with E-state index in [-0.39, 0.29) is 5.69 Å². The van der Waals surface area contributed by atoms with E-state index < -0.39 is 41.0 Å². The van der Waals surface area contributed by atoms with Crippen molar-refractivity contribution in [1.82, 2.24) is 4.57 Å². The molecule has 1 aromatic heterocycles. The SMILES string of the molecule is COC(=O)c1c(OC)c(=O)c(C(=O)O)cn1[C@@H]1CCOC1OC. The second-order valence-electron chi connectivity index (χ2n) is 4.79. The second kappa shape index (κ2) is 6.80. The van der Waals surface area contributed by atoms with Gasteiger partial charge in [-0.15, -0.1) is 0 Å². The number of hydrogen-bond donors (Lipinski definition) is 1. The van der Waals surface area contributed by atoms with E-state index in [1.54, 1.807) is 0 Å². The Kier molecular flexibility index (Phi) is 5.02. The number of carbonyl (C=O) groups is 2. The summed E-state index contributed by atoms with van der Waals surface area (Å²) in [5, 5.41) is 9.22. The van der Waals surface area contributed by atoms with Crippen LogP contribution in [0.5, 0.6) is 5.75 Å². The minimum absolute atomic E-state index is 0.178. The van der Waals surface area contributed by atoms with Crippen LogP contribution in [0.4, 0.5) is 0 Å². The van der Waals surface area contributed by atoms with Gasteiger partial charge in [-0.1, -0.05) is 0 Å². The van der Waals surface area contributed by atoms with E-state index in [1.165, 1.54) is 18.8 Å². The highest BCUT2D eigenvalue weighted by Gasteiger charge is 2.35. The zero-order valence-electron chi connectivity index (χ0n) is 12.9. The number of ether oxygens (including phenoxy) is 4. The van der Waals surface area contributed by atoms with Gasteiger partial charge in [0.15, 0.2) is 17.7 Å². The van der Waals surface area contributed by atoms with Crippen molar-refractivity contribution < 1.29 is 33.6 Å². The van der Waals surface area contributed by atoms with Gasteiger partial charge in [0.25, 0.3) is 0 Å². The molecule has 1 saturated heterocycles. The van der Waals surface area contributed by atoms with Crippen LogP contribution in [0.3, 0.4) is 0 Å². The van der Waals surface area contributed by atoms with Crippen molar-refractivity contribution in [3.8, 4) is 5.75 Å². The minimum atomic E-state index is -1.42. The van der Waals surface area contributed by atoms with E-state index in [4.69, 9.17) is 18.9 Å². The molecule has 1 aromatic rings. The van der Waals surface area contributed by atoms with Gasteiger partial charge in [-0.25, -0.2) is 9.59 Å². The molecule has 1 unspecified atom stereocenters. The number of carboxylic acids is 1. The third-order valence-corrected chi connectivity index (χ3v) is 3.61. The highest BCUT2D eigenvalue weighted by molar-refractivity contribution is 5.93. The predicted molar refractivity (Wildman–Crippen MR) is 76.0 cm³/mol. The second-order valence-corrected chi connectivity index (χ2v) is 4.79. The average Bonchev–Trinajstić information content (AvgIpc) is 3.01. The quantitative estimate of drug-likeness (QED) is 0.767. The molecule has 2 atom stereocenters. The molecule has 2 rings (SSSR count). The number of esters is 1. The summed E-state index contributed by atoms with van der Waals surface area (Å²) >= 11 is 0. The maximum Gasteiger partial charge on any atom is 0.358 e. The van der Waals surface area contributed by atoms with Crippen LogP contribution in [0.2, 0.25) is 0 Å². The molecule has 1 fully saturated rings. The van der Waals surface area contributed by atoms with Gasteiger partial charge >= 0.3 is 11.9 Å². The fourth-order valence-electron chi connectivity index (χ4n) is 2.55. The van der Waals surface area contributed by atoms with Crippen LogP contribution in [0.25, 0.3) is 0 Å². The monoisotopic (exact) mass is 327 g/mol. The molecule has 0 spiro atoms. The van der Waals surface area contributed by atoms with Crippen molar-refractivity contribution in [3.05, 3.63) is 27.7 Å². The number of pyridine rings is 1. The molecule has 0 bridgehead atoms. The summed E-state index contributed by atoms with van der Waals surface area (Å²) in [5.41, 5.74) is -1.59. The summed E-state index contributed by atoms with van der Waals surface area (Å²) in [6.07, 6.45) is 0.866.